The second kappa shape index (κ2) is 5.69. The molecule has 0 atom stereocenters. The third-order valence-electron chi connectivity index (χ3n) is 3.72. The number of hydrogen-bond donors (Lipinski definition) is 1. The van der Waals surface area contributed by atoms with Gasteiger partial charge in [-0.25, -0.2) is 9.97 Å². The zero-order valence-electron chi connectivity index (χ0n) is 12.2. The topological polar surface area (TPSA) is 55.0 Å². The summed E-state index contributed by atoms with van der Waals surface area (Å²) in [6, 6.07) is 2.12. The number of anilines is 1. The maximum atomic E-state index is 5.90. The van der Waals surface area contributed by atoms with Crippen LogP contribution in [0.1, 0.15) is 33.9 Å². The molecule has 110 valence electrons. The highest BCUT2D eigenvalue weighted by atomic mass is 32.1. The van der Waals surface area contributed by atoms with Gasteiger partial charge in [-0.1, -0.05) is 12.2 Å². The molecule has 0 unspecified atom stereocenters. The predicted octanol–water partition coefficient (Wildman–Crippen LogP) is 2.61. The number of pyridine rings is 1. The molecule has 2 aromatic heterocycles. The van der Waals surface area contributed by atoms with Crippen LogP contribution in [0.25, 0.3) is 0 Å². The largest absolute Gasteiger partial charge is 0.389 e. The summed E-state index contributed by atoms with van der Waals surface area (Å²) in [5, 5.41) is 3.16. The number of aromatic nitrogens is 2. The Morgan fingerprint density at radius 2 is 2.24 bits per heavy atom. The van der Waals surface area contributed by atoms with Crippen LogP contribution < -0.4 is 10.6 Å². The number of fused-ring (bicyclic) bond motifs is 1. The Morgan fingerprint density at radius 1 is 1.43 bits per heavy atom. The summed E-state index contributed by atoms with van der Waals surface area (Å²) in [5.41, 5.74) is 10.3. The van der Waals surface area contributed by atoms with E-state index in [0.29, 0.717) is 11.5 Å². The monoisotopic (exact) mass is 318 g/mol. The van der Waals surface area contributed by atoms with Crippen LogP contribution in [0, 0.1) is 6.92 Å². The van der Waals surface area contributed by atoms with Crippen LogP contribution >= 0.6 is 23.6 Å². The van der Waals surface area contributed by atoms with Crippen molar-refractivity contribution >= 4 is 34.4 Å². The molecule has 0 bridgehead atoms. The van der Waals surface area contributed by atoms with E-state index >= 15 is 0 Å². The normalized spacial score (nSPS) is 13.2. The van der Waals surface area contributed by atoms with Crippen LogP contribution in [-0.2, 0) is 19.4 Å². The van der Waals surface area contributed by atoms with Crippen LogP contribution in [0.2, 0.25) is 0 Å². The van der Waals surface area contributed by atoms with Crippen molar-refractivity contribution in [3.05, 3.63) is 39.0 Å². The van der Waals surface area contributed by atoms with Crippen molar-refractivity contribution in [3.8, 4) is 0 Å². The number of hydrogen-bond acceptors (Lipinski definition) is 5. The molecule has 2 aromatic rings. The van der Waals surface area contributed by atoms with E-state index in [2.05, 4.69) is 21.3 Å². The lowest BCUT2D eigenvalue weighted by atomic mass is 10.1. The minimum Gasteiger partial charge on any atom is -0.389 e. The maximum Gasteiger partial charge on any atom is 0.139 e. The SMILES string of the molecule is Cc1nc(CN(C)c2nc3c(cc2C(N)=S)CCC3)cs1. The van der Waals surface area contributed by atoms with Gasteiger partial charge >= 0.3 is 0 Å². The summed E-state index contributed by atoms with van der Waals surface area (Å²) in [4.78, 5) is 11.8. The van der Waals surface area contributed by atoms with E-state index in [4.69, 9.17) is 22.9 Å². The molecule has 6 heteroatoms. The number of thiocarbonyl (C=S) groups is 1. The molecule has 2 heterocycles. The molecule has 0 aliphatic heterocycles. The van der Waals surface area contributed by atoms with E-state index in [1.165, 1.54) is 11.3 Å². The van der Waals surface area contributed by atoms with Crippen molar-refractivity contribution in [2.45, 2.75) is 32.7 Å². The van der Waals surface area contributed by atoms with E-state index in [1.807, 2.05) is 14.0 Å². The first-order valence-electron chi connectivity index (χ1n) is 6.99. The number of rotatable bonds is 4. The van der Waals surface area contributed by atoms with E-state index in [9.17, 15) is 0 Å². The molecule has 0 spiro atoms. The van der Waals surface area contributed by atoms with Gasteiger partial charge in [0.1, 0.15) is 10.8 Å². The van der Waals surface area contributed by atoms with Gasteiger partial charge in [0.2, 0.25) is 0 Å². The van der Waals surface area contributed by atoms with E-state index in [0.717, 1.165) is 41.3 Å². The molecule has 1 aliphatic rings. The first kappa shape index (κ1) is 14.4. The standard InChI is InChI=1S/C15H18N4S2/c1-9-17-11(8-21-9)7-19(2)15-12(14(16)20)6-10-4-3-5-13(10)18-15/h6,8H,3-5,7H2,1-2H3,(H2,16,20). The molecule has 0 amide bonds. The third-order valence-corrected chi connectivity index (χ3v) is 4.77. The first-order valence-corrected chi connectivity index (χ1v) is 8.28. The molecule has 1 aliphatic carbocycles. The average molecular weight is 318 g/mol. The highest BCUT2D eigenvalue weighted by Crippen LogP contribution is 2.27. The van der Waals surface area contributed by atoms with Crippen molar-refractivity contribution < 1.29 is 0 Å². The van der Waals surface area contributed by atoms with Crippen LogP contribution in [0.4, 0.5) is 5.82 Å². The first-order chi connectivity index (χ1) is 10.0. The number of nitrogens with two attached hydrogens (primary N) is 1. The Kier molecular flexibility index (Phi) is 3.91. The molecule has 2 N–H and O–H groups in total. The molecule has 0 radical (unpaired) electrons. The van der Waals surface area contributed by atoms with Gasteiger partial charge in [0, 0.05) is 18.1 Å². The Hall–Kier alpha value is -1.53. The highest BCUT2D eigenvalue weighted by Gasteiger charge is 2.20. The van der Waals surface area contributed by atoms with Crippen molar-refractivity contribution in [1.82, 2.24) is 9.97 Å². The summed E-state index contributed by atoms with van der Waals surface area (Å²) in [5.74, 6) is 0.869. The molecular weight excluding hydrogens is 300 g/mol. The minimum absolute atomic E-state index is 0.411. The second-order valence-electron chi connectivity index (χ2n) is 5.40. The molecule has 3 rings (SSSR count). The Labute approximate surface area is 134 Å². The van der Waals surface area contributed by atoms with Crippen molar-refractivity contribution in [3.63, 3.8) is 0 Å². The molecule has 0 saturated carbocycles. The molecule has 0 fully saturated rings. The number of thiazole rings is 1. The van der Waals surface area contributed by atoms with E-state index < -0.39 is 0 Å². The predicted molar refractivity (Wildman–Crippen MR) is 91.1 cm³/mol. The van der Waals surface area contributed by atoms with Crippen molar-refractivity contribution in [2.24, 2.45) is 5.73 Å². The Morgan fingerprint density at radius 3 is 2.90 bits per heavy atom. The zero-order chi connectivity index (χ0) is 15.0. The lowest BCUT2D eigenvalue weighted by molar-refractivity contribution is 0.855. The number of nitrogens with zero attached hydrogens (tertiary/aromatic N) is 3. The smallest absolute Gasteiger partial charge is 0.139 e. The molecule has 21 heavy (non-hydrogen) atoms. The van der Waals surface area contributed by atoms with Crippen LogP contribution in [0.3, 0.4) is 0 Å². The minimum atomic E-state index is 0.411. The van der Waals surface area contributed by atoms with Gasteiger partial charge in [-0.2, -0.15) is 0 Å². The molecule has 0 saturated heterocycles. The van der Waals surface area contributed by atoms with E-state index in [1.54, 1.807) is 11.3 Å². The van der Waals surface area contributed by atoms with Crippen molar-refractivity contribution in [2.75, 3.05) is 11.9 Å². The lowest BCUT2D eigenvalue weighted by Crippen LogP contribution is -2.23. The van der Waals surface area contributed by atoms with Gasteiger partial charge in [-0.15, -0.1) is 11.3 Å². The van der Waals surface area contributed by atoms with Gasteiger partial charge in [0.15, 0.2) is 0 Å². The van der Waals surface area contributed by atoms with Crippen LogP contribution in [-0.4, -0.2) is 22.0 Å². The fraction of sp³-hybridized carbons (Fsp3) is 0.400. The molecular formula is C15H18N4S2. The summed E-state index contributed by atoms with van der Waals surface area (Å²) >= 11 is 6.87. The second-order valence-corrected chi connectivity index (χ2v) is 6.90. The fourth-order valence-corrected chi connectivity index (χ4v) is 3.49. The number of aryl methyl sites for hydroxylation is 3. The van der Waals surface area contributed by atoms with Crippen molar-refractivity contribution in [1.29, 1.82) is 0 Å². The van der Waals surface area contributed by atoms with Gasteiger partial charge in [-0.3, -0.25) is 0 Å². The molecule has 4 nitrogen and oxygen atoms in total. The Bertz CT molecular complexity index is 693. The Balaban J connectivity index is 1.94. The van der Waals surface area contributed by atoms with Gasteiger partial charge < -0.3 is 10.6 Å². The van der Waals surface area contributed by atoms with Gasteiger partial charge in [0.25, 0.3) is 0 Å². The zero-order valence-corrected chi connectivity index (χ0v) is 13.9. The average Bonchev–Trinajstić information content (AvgIpc) is 3.05. The summed E-state index contributed by atoms with van der Waals surface area (Å²) < 4.78 is 0. The van der Waals surface area contributed by atoms with Crippen LogP contribution in [0.5, 0.6) is 0 Å². The fourth-order valence-electron chi connectivity index (χ4n) is 2.73. The summed E-state index contributed by atoms with van der Waals surface area (Å²) in [7, 11) is 2.01. The van der Waals surface area contributed by atoms with Gasteiger partial charge in [0.05, 0.1) is 22.8 Å². The molecule has 0 aromatic carbocycles. The quantitative estimate of drug-likeness (QED) is 0.878. The highest BCUT2D eigenvalue weighted by molar-refractivity contribution is 7.80. The summed E-state index contributed by atoms with van der Waals surface area (Å²) in [6.07, 6.45) is 3.29. The third kappa shape index (κ3) is 2.91. The maximum absolute atomic E-state index is 5.90. The van der Waals surface area contributed by atoms with Crippen LogP contribution in [0.15, 0.2) is 11.4 Å². The van der Waals surface area contributed by atoms with Gasteiger partial charge in [-0.05, 0) is 37.8 Å². The van der Waals surface area contributed by atoms with E-state index in [-0.39, 0.29) is 0 Å². The summed E-state index contributed by atoms with van der Waals surface area (Å²) in [6.45, 7) is 2.73. The lowest BCUT2D eigenvalue weighted by Gasteiger charge is -2.21.